The Labute approximate surface area is 131 Å². The molecule has 1 aromatic carbocycles. The standard InChI is InChI=1S/C19H22O3/c1-3-21-18(20)19(2,13-17-5-4-12-22-17)16-10-8-15(9-11-16)14-6-7-14/h4-5,8-12,14H,3,6-7,13H2,1-2H3. The number of hydrogen-bond acceptors (Lipinski definition) is 3. The number of rotatable bonds is 6. The molecule has 1 atom stereocenters. The van der Waals surface area contributed by atoms with Crippen molar-refractivity contribution in [1.82, 2.24) is 0 Å². The molecular formula is C19H22O3. The van der Waals surface area contributed by atoms with E-state index in [1.807, 2.05) is 26.0 Å². The summed E-state index contributed by atoms with van der Waals surface area (Å²) in [6, 6.07) is 12.2. The maximum Gasteiger partial charge on any atom is 0.316 e. The topological polar surface area (TPSA) is 39.4 Å². The van der Waals surface area contributed by atoms with Crippen LogP contribution in [-0.2, 0) is 21.4 Å². The predicted molar refractivity (Wildman–Crippen MR) is 84.8 cm³/mol. The average molecular weight is 298 g/mol. The molecule has 3 rings (SSSR count). The summed E-state index contributed by atoms with van der Waals surface area (Å²) in [5.41, 5.74) is 1.62. The Balaban J connectivity index is 1.90. The van der Waals surface area contributed by atoms with E-state index in [0.29, 0.717) is 18.9 Å². The summed E-state index contributed by atoms with van der Waals surface area (Å²) >= 11 is 0. The highest BCUT2D eigenvalue weighted by molar-refractivity contribution is 5.83. The molecule has 1 aliphatic carbocycles. The highest BCUT2D eigenvalue weighted by Crippen LogP contribution is 2.41. The van der Waals surface area contributed by atoms with E-state index in [0.717, 1.165) is 11.3 Å². The lowest BCUT2D eigenvalue weighted by Gasteiger charge is -2.27. The third-order valence-corrected chi connectivity index (χ3v) is 4.43. The predicted octanol–water partition coefficient (Wildman–Crippen LogP) is 4.22. The van der Waals surface area contributed by atoms with E-state index in [9.17, 15) is 4.79 Å². The molecule has 3 heteroatoms. The van der Waals surface area contributed by atoms with Gasteiger partial charge in [0.05, 0.1) is 18.3 Å². The van der Waals surface area contributed by atoms with Crippen LogP contribution in [0.4, 0.5) is 0 Å². The second kappa shape index (κ2) is 5.99. The van der Waals surface area contributed by atoms with Crippen LogP contribution in [0.1, 0.15) is 49.5 Å². The minimum Gasteiger partial charge on any atom is -0.469 e. The number of hydrogen-bond donors (Lipinski definition) is 0. The van der Waals surface area contributed by atoms with Crippen molar-refractivity contribution in [2.75, 3.05) is 6.61 Å². The van der Waals surface area contributed by atoms with E-state index in [4.69, 9.17) is 9.15 Å². The van der Waals surface area contributed by atoms with Gasteiger partial charge in [0.15, 0.2) is 0 Å². The van der Waals surface area contributed by atoms with E-state index in [1.165, 1.54) is 18.4 Å². The van der Waals surface area contributed by atoms with Gasteiger partial charge in [-0.3, -0.25) is 4.79 Å². The van der Waals surface area contributed by atoms with E-state index < -0.39 is 5.41 Å². The Morgan fingerprint density at radius 3 is 2.55 bits per heavy atom. The fourth-order valence-electron chi connectivity index (χ4n) is 2.88. The van der Waals surface area contributed by atoms with Gasteiger partial charge in [0.2, 0.25) is 0 Å². The minimum atomic E-state index is -0.726. The zero-order valence-corrected chi connectivity index (χ0v) is 13.2. The zero-order valence-electron chi connectivity index (χ0n) is 13.2. The summed E-state index contributed by atoms with van der Waals surface area (Å²) in [5.74, 6) is 1.31. The van der Waals surface area contributed by atoms with Crippen LogP contribution in [0.25, 0.3) is 0 Å². The molecule has 0 bridgehead atoms. The third kappa shape index (κ3) is 2.94. The molecule has 3 nitrogen and oxygen atoms in total. The highest BCUT2D eigenvalue weighted by Gasteiger charge is 2.38. The molecule has 1 aliphatic rings. The molecule has 1 saturated carbocycles. The van der Waals surface area contributed by atoms with Crippen molar-refractivity contribution in [3.05, 3.63) is 59.5 Å². The summed E-state index contributed by atoms with van der Waals surface area (Å²) in [6.07, 6.45) is 4.69. The van der Waals surface area contributed by atoms with Gasteiger partial charge in [-0.25, -0.2) is 0 Å². The van der Waals surface area contributed by atoms with Crippen LogP contribution in [0.2, 0.25) is 0 Å². The molecule has 22 heavy (non-hydrogen) atoms. The maximum absolute atomic E-state index is 12.6. The number of furan rings is 1. The molecule has 1 heterocycles. The zero-order chi connectivity index (χ0) is 15.6. The van der Waals surface area contributed by atoms with Gasteiger partial charge >= 0.3 is 5.97 Å². The first-order chi connectivity index (χ1) is 10.6. The van der Waals surface area contributed by atoms with E-state index in [2.05, 4.69) is 24.3 Å². The number of carbonyl (C=O) groups is 1. The van der Waals surface area contributed by atoms with Gasteiger partial charge in [-0.1, -0.05) is 24.3 Å². The van der Waals surface area contributed by atoms with Crippen molar-refractivity contribution < 1.29 is 13.9 Å². The van der Waals surface area contributed by atoms with Crippen molar-refractivity contribution in [2.24, 2.45) is 0 Å². The Kier molecular flexibility index (Phi) is 4.06. The normalized spacial score (nSPS) is 17.0. The SMILES string of the molecule is CCOC(=O)C(C)(Cc1ccco1)c1ccc(C2CC2)cc1. The molecule has 1 aromatic heterocycles. The van der Waals surface area contributed by atoms with Crippen LogP contribution in [0.3, 0.4) is 0 Å². The van der Waals surface area contributed by atoms with Crippen molar-refractivity contribution in [3.63, 3.8) is 0 Å². The molecule has 0 amide bonds. The second-order valence-corrected chi connectivity index (χ2v) is 6.20. The largest absolute Gasteiger partial charge is 0.469 e. The lowest BCUT2D eigenvalue weighted by Crippen LogP contribution is -2.36. The lowest BCUT2D eigenvalue weighted by atomic mass is 9.78. The fourth-order valence-corrected chi connectivity index (χ4v) is 2.88. The monoisotopic (exact) mass is 298 g/mol. The van der Waals surface area contributed by atoms with Crippen LogP contribution in [-0.4, -0.2) is 12.6 Å². The van der Waals surface area contributed by atoms with Gasteiger partial charge < -0.3 is 9.15 Å². The second-order valence-electron chi connectivity index (χ2n) is 6.20. The first-order valence-corrected chi connectivity index (χ1v) is 7.93. The molecule has 0 saturated heterocycles. The molecule has 116 valence electrons. The summed E-state index contributed by atoms with van der Waals surface area (Å²) in [7, 11) is 0. The van der Waals surface area contributed by atoms with Gasteiger partial charge in [-0.05, 0) is 55.9 Å². The van der Waals surface area contributed by atoms with Crippen molar-refractivity contribution >= 4 is 5.97 Å². The Morgan fingerprint density at radius 2 is 2.00 bits per heavy atom. The first kappa shape index (κ1) is 14.9. The van der Waals surface area contributed by atoms with Gasteiger partial charge in [0, 0.05) is 6.42 Å². The minimum absolute atomic E-state index is 0.203. The van der Waals surface area contributed by atoms with Crippen molar-refractivity contribution in [3.8, 4) is 0 Å². The quantitative estimate of drug-likeness (QED) is 0.750. The molecule has 0 radical (unpaired) electrons. The van der Waals surface area contributed by atoms with Crippen LogP contribution < -0.4 is 0 Å². The third-order valence-electron chi connectivity index (χ3n) is 4.43. The lowest BCUT2D eigenvalue weighted by molar-refractivity contribution is -0.149. The molecule has 1 unspecified atom stereocenters. The summed E-state index contributed by atoms with van der Waals surface area (Å²) in [5, 5.41) is 0. The smallest absolute Gasteiger partial charge is 0.316 e. The van der Waals surface area contributed by atoms with Crippen molar-refractivity contribution in [1.29, 1.82) is 0 Å². The Bertz CT molecular complexity index is 623. The highest BCUT2D eigenvalue weighted by atomic mass is 16.5. The number of ether oxygens (including phenoxy) is 1. The molecule has 1 fully saturated rings. The molecule has 0 N–H and O–H groups in total. The van der Waals surface area contributed by atoms with Gasteiger partial charge in [0.1, 0.15) is 5.76 Å². The van der Waals surface area contributed by atoms with Crippen LogP contribution in [0.5, 0.6) is 0 Å². The van der Waals surface area contributed by atoms with Crippen LogP contribution in [0.15, 0.2) is 47.1 Å². The Morgan fingerprint density at radius 1 is 1.27 bits per heavy atom. The van der Waals surface area contributed by atoms with Gasteiger partial charge in [-0.2, -0.15) is 0 Å². The molecule has 0 aliphatic heterocycles. The molecule has 2 aromatic rings. The number of carbonyl (C=O) groups excluding carboxylic acids is 1. The van der Waals surface area contributed by atoms with E-state index in [1.54, 1.807) is 6.26 Å². The molecular weight excluding hydrogens is 276 g/mol. The maximum atomic E-state index is 12.6. The van der Waals surface area contributed by atoms with Gasteiger partial charge in [-0.15, -0.1) is 0 Å². The van der Waals surface area contributed by atoms with Crippen LogP contribution >= 0.6 is 0 Å². The summed E-state index contributed by atoms with van der Waals surface area (Å²) < 4.78 is 10.8. The summed E-state index contributed by atoms with van der Waals surface area (Å²) in [6.45, 7) is 4.15. The number of esters is 1. The fraction of sp³-hybridized carbons (Fsp3) is 0.421. The number of benzene rings is 1. The molecule has 0 spiro atoms. The average Bonchev–Trinajstić information content (AvgIpc) is 3.26. The Hall–Kier alpha value is -2.03. The summed E-state index contributed by atoms with van der Waals surface area (Å²) in [4.78, 5) is 12.6. The van der Waals surface area contributed by atoms with Crippen molar-refractivity contribution in [2.45, 2.75) is 44.4 Å². The van der Waals surface area contributed by atoms with E-state index in [-0.39, 0.29) is 5.97 Å². The van der Waals surface area contributed by atoms with Crippen LogP contribution in [0, 0.1) is 0 Å². The first-order valence-electron chi connectivity index (χ1n) is 7.93. The van der Waals surface area contributed by atoms with E-state index >= 15 is 0 Å². The van der Waals surface area contributed by atoms with Gasteiger partial charge in [0.25, 0.3) is 0 Å².